The monoisotopic (exact) mass is 630 g/mol. The molecule has 0 saturated carbocycles. The number of fused-ring (bicyclic) bond motifs is 1. The van der Waals surface area contributed by atoms with E-state index in [-0.39, 0.29) is 35.3 Å². The largest absolute Gasteiger partial charge is 0.494 e. The molecule has 1 aliphatic heterocycles. The van der Waals surface area contributed by atoms with Gasteiger partial charge in [0.05, 0.1) is 47.6 Å². The summed E-state index contributed by atoms with van der Waals surface area (Å²) in [5.74, 6) is -0.971. The van der Waals surface area contributed by atoms with E-state index in [9.17, 15) is 17.6 Å². The lowest BCUT2D eigenvalue weighted by Gasteiger charge is -2.29. The summed E-state index contributed by atoms with van der Waals surface area (Å²) in [6.07, 6.45) is 5.29. The summed E-state index contributed by atoms with van der Waals surface area (Å²) in [5, 5.41) is 6.34. The minimum Gasteiger partial charge on any atom is -0.494 e. The molecule has 2 atom stereocenters. The predicted octanol–water partition coefficient (Wildman–Crippen LogP) is 4.19. The summed E-state index contributed by atoms with van der Waals surface area (Å²) in [4.78, 5) is 24.2. The molecule has 0 bridgehead atoms. The van der Waals surface area contributed by atoms with Crippen molar-refractivity contribution in [1.82, 2.24) is 24.5 Å². The second-order valence-electron chi connectivity index (χ2n) is 11.3. The van der Waals surface area contributed by atoms with Gasteiger partial charge < -0.3 is 20.3 Å². The number of rotatable bonds is 9. The Morgan fingerprint density at radius 3 is 2.65 bits per heavy atom. The summed E-state index contributed by atoms with van der Waals surface area (Å²) in [5.41, 5.74) is 2.77. The Morgan fingerprint density at radius 1 is 1.23 bits per heavy atom. The number of carbonyl (C=O) groups is 1. The van der Waals surface area contributed by atoms with E-state index in [4.69, 9.17) is 16.3 Å². The molecule has 1 amide bonds. The standard InChI is InChI=1S/C30H36ClFN6O4S/c1-37-11-9-20(10-12-37)34-29(39)22-15-26(27(42-3)16-24(22)32)36-30-33-17-23(31)25(35-30)14-19-13-18-7-5-6-8-21(18)28(19)38(2)43(4,40)41/h5-8,15-17,19-20,28H,9-14H2,1-4H3,(H,34,39)(H,33,35,36)/t19-,28-/m0/s1. The molecule has 0 unspecified atom stereocenters. The average molecular weight is 631 g/mol. The fourth-order valence-corrected chi connectivity index (χ4v) is 6.79. The van der Waals surface area contributed by atoms with Crippen molar-refractivity contribution >= 4 is 39.2 Å². The first kappa shape index (κ1) is 31.1. The zero-order valence-electron chi connectivity index (χ0n) is 24.6. The van der Waals surface area contributed by atoms with E-state index in [1.165, 1.54) is 29.9 Å². The number of carbonyl (C=O) groups excluding carboxylic acids is 1. The molecule has 43 heavy (non-hydrogen) atoms. The van der Waals surface area contributed by atoms with Crippen LogP contribution in [0.25, 0.3) is 0 Å². The van der Waals surface area contributed by atoms with Crippen LogP contribution >= 0.6 is 11.6 Å². The van der Waals surface area contributed by atoms with E-state index in [0.717, 1.165) is 43.1 Å². The van der Waals surface area contributed by atoms with Crippen molar-refractivity contribution in [3.8, 4) is 5.75 Å². The topological polar surface area (TPSA) is 117 Å². The van der Waals surface area contributed by atoms with Crippen molar-refractivity contribution in [2.24, 2.45) is 5.92 Å². The number of piperidine rings is 1. The third-order valence-electron chi connectivity index (χ3n) is 8.32. The van der Waals surface area contributed by atoms with Crippen LogP contribution in [0.4, 0.5) is 16.0 Å². The van der Waals surface area contributed by atoms with Gasteiger partial charge in [0.2, 0.25) is 16.0 Å². The zero-order valence-corrected chi connectivity index (χ0v) is 26.2. The number of anilines is 2. The van der Waals surface area contributed by atoms with Gasteiger partial charge in [-0.3, -0.25) is 4.79 Å². The van der Waals surface area contributed by atoms with Crippen molar-refractivity contribution in [3.05, 3.63) is 75.8 Å². The average Bonchev–Trinajstić information content (AvgIpc) is 3.33. The SMILES string of the molecule is COc1cc(F)c(C(=O)NC2CCN(C)CC2)cc1Nc1ncc(Cl)c(C[C@@H]2Cc3ccccc3[C@H]2N(C)S(C)(=O)=O)n1. The van der Waals surface area contributed by atoms with Gasteiger partial charge in [-0.2, -0.15) is 4.31 Å². The summed E-state index contributed by atoms with van der Waals surface area (Å²) < 4.78 is 46.8. The van der Waals surface area contributed by atoms with Gasteiger partial charge in [0.1, 0.15) is 11.6 Å². The number of halogens is 2. The van der Waals surface area contributed by atoms with Gasteiger partial charge in [-0.15, -0.1) is 0 Å². The number of sulfonamides is 1. The highest BCUT2D eigenvalue weighted by Gasteiger charge is 2.38. The number of nitrogens with one attached hydrogen (secondary N) is 2. The van der Waals surface area contributed by atoms with Crippen LogP contribution in [0.15, 0.2) is 42.6 Å². The van der Waals surface area contributed by atoms with E-state index in [1.54, 1.807) is 7.05 Å². The number of methoxy groups -OCH3 is 1. The van der Waals surface area contributed by atoms with E-state index < -0.39 is 21.7 Å². The summed E-state index contributed by atoms with van der Waals surface area (Å²) in [6.45, 7) is 1.72. The minimum atomic E-state index is -3.47. The smallest absolute Gasteiger partial charge is 0.254 e. The zero-order chi connectivity index (χ0) is 30.9. The molecule has 2 heterocycles. The second-order valence-corrected chi connectivity index (χ2v) is 13.7. The van der Waals surface area contributed by atoms with Crippen LogP contribution in [0.2, 0.25) is 5.02 Å². The normalized spacial score (nSPS) is 19.3. The van der Waals surface area contributed by atoms with Crippen molar-refractivity contribution in [2.45, 2.75) is 37.8 Å². The van der Waals surface area contributed by atoms with Gasteiger partial charge in [-0.05, 0) is 68.9 Å². The quantitative estimate of drug-likeness (QED) is 0.362. The number of amides is 1. The number of aromatic nitrogens is 2. The molecule has 5 rings (SSSR count). The highest BCUT2D eigenvalue weighted by Crippen LogP contribution is 2.43. The molecular weight excluding hydrogens is 595 g/mol. The van der Waals surface area contributed by atoms with E-state index in [0.29, 0.717) is 29.2 Å². The van der Waals surface area contributed by atoms with Crippen LogP contribution in [0.3, 0.4) is 0 Å². The molecule has 1 fully saturated rings. The van der Waals surface area contributed by atoms with Crippen molar-refractivity contribution < 1.29 is 22.3 Å². The molecule has 1 aliphatic carbocycles. The molecule has 0 spiro atoms. The summed E-state index contributed by atoms with van der Waals surface area (Å²) in [7, 11) is 1.55. The van der Waals surface area contributed by atoms with Gasteiger partial charge in [-0.25, -0.2) is 22.8 Å². The number of hydrogen-bond acceptors (Lipinski definition) is 8. The van der Waals surface area contributed by atoms with Crippen LogP contribution in [0.5, 0.6) is 5.75 Å². The van der Waals surface area contributed by atoms with Crippen molar-refractivity contribution in [1.29, 1.82) is 0 Å². The summed E-state index contributed by atoms with van der Waals surface area (Å²) >= 11 is 6.54. The van der Waals surface area contributed by atoms with Crippen LogP contribution in [0, 0.1) is 11.7 Å². The van der Waals surface area contributed by atoms with Crippen LogP contribution in [-0.4, -0.2) is 80.1 Å². The highest BCUT2D eigenvalue weighted by atomic mass is 35.5. The van der Waals surface area contributed by atoms with Crippen LogP contribution in [0.1, 0.15) is 46.1 Å². The Labute approximate surface area is 256 Å². The van der Waals surface area contributed by atoms with Gasteiger partial charge >= 0.3 is 0 Å². The van der Waals surface area contributed by atoms with E-state index in [2.05, 4.69) is 25.5 Å². The van der Waals surface area contributed by atoms with E-state index >= 15 is 0 Å². The van der Waals surface area contributed by atoms with E-state index in [1.807, 2.05) is 31.3 Å². The first-order valence-electron chi connectivity index (χ1n) is 14.1. The first-order chi connectivity index (χ1) is 20.4. The fourth-order valence-electron chi connectivity index (χ4n) is 5.93. The van der Waals surface area contributed by atoms with Crippen LogP contribution in [-0.2, 0) is 22.9 Å². The molecule has 13 heteroatoms. The third-order valence-corrected chi connectivity index (χ3v) is 9.91. The molecule has 3 aromatic rings. The summed E-state index contributed by atoms with van der Waals surface area (Å²) in [6, 6.07) is 9.95. The van der Waals surface area contributed by atoms with Gasteiger partial charge in [0.25, 0.3) is 5.91 Å². The first-order valence-corrected chi connectivity index (χ1v) is 16.3. The highest BCUT2D eigenvalue weighted by molar-refractivity contribution is 7.88. The second kappa shape index (κ2) is 12.7. The maximum Gasteiger partial charge on any atom is 0.254 e. The predicted molar refractivity (Wildman–Crippen MR) is 164 cm³/mol. The molecule has 0 radical (unpaired) electrons. The minimum absolute atomic E-state index is 0.0314. The van der Waals surface area contributed by atoms with Crippen molar-refractivity contribution in [3.63, 3.8) is 0 Å². The molecule has 1 aromatic heterocycles. The molecule has 2 N–H and O–H groups in total. The van der Waals surface area contributed by atoms with Gasteiger partial charge in [0, 0.05) is 19.2 Å². The molecular formula is C30H36ClFN6O4S. The lowest BCUT2D eigenvalue weighted by molar-refractivity contribution is 0.0912. The van der Waals surface area contributed by atoms with Crippen LogP contribution < -0.4 is 15.4 Å². The number of nitrogens with zero attached hydrogens (tertiary/aromatic N) is 4. The molecule has 2 aliphatic rings. The Balaban J connectivity index is 1.39. The number of likely N-dealkylation sites (tertiary alicyclic amines) is 1. The molecule has 2 aromatic carbocycles. The van der Waals surface area contributed by atoms with Gasteiger partial charge in [-0.1, -0.05) is 35.9 Å². The maximum atomic E-state index is 15.0. The van der Waals surface area contributed by atoms with Crippen molar-refractivity contribution in [2.75, 3.05) is 45.9 Å². The molecule has 10 nitrogen and oxygen atoms in total. The Morgan fingerprint density at radius 2 is 1.95 bits per heavy atom. The third kappa shape index (κ3) is 6.93. The van der Waals surface area contributed by atoms with Gasteiger partial charge in [0.15, 0.2) is 0 Å². The molecule has 1 saturated heterocycles. The Bertz CT molecular complexity index is 1620. The Hall–Kier alpha value is -3.32. The number of ether oxygens (including phenoxy) is 1. The maximum absolute atomic E-state index is 15.0. The lowest BCUT2D eigenvalue weighted by Crippen LogP contribution is -2.43. The fraction of sp³-hybridized carbons (Fsp3) is 0.433. The number of benzene rings is 2. The molecule has 230 valence electrons. The Kier molecular flexibility index (Phi) is 9.21. The number of hydrogen-bond donors (Lipinski definition) is 2. The lowest BCUT2D eigenvalue weighted by atomic mass is 9.95.